The third kappa shape index (κ3) is 5.40. The van der Waals surface area contributed by atoms with Gasteiger partial charge in [-0.05, 0) is 19.8 Å². The Hall–Kier alpha value is -1.77. The Balaban J connectivity index is 2.77. The van der Waals surface area contributed by atoms with Crippen molar-refractivity contribution in [1.29, 1.82) is 0 Å². The molecule has 24 heavy (non-hydrogen) atoms. The standard InChI is InChI=1S/C16H26N2O6/c1-4-5-13(21)17-12(7-19)15(23)18-11(6-10(2)3)14(22)16(8-20)9-24-16/h11-12,19-20H,2,4-9H2,1,3H3,(H,17,21)(H,18,23)/t11-,12-,16+/m0/s1. The van der Waals surface area contributed by atoms with E-state index in [1.165, 1.54) is 0 Å². The van der Waals surface area contributed by atoms with Gasteiger partial charge in [0, 0.05) is 6.42 Å². The lowest BCUT2D eigenvalue weighted by atomic mass is 9.94. The van der Waals surface area contributed by atoms with Gasteiger partial charge in [0.15, 0.2) is 11.4 Å². The van der Waals surface area contributed by atoms with Gasteiger partial charge in [0.1, 0.15) is 6.04 Å². The molecule has 1 aliphatic heterocycles. The normalized spacial score (nSPS) is 21.5. The highest BCUT2D eigenvalue weighted by atomic mass is 16.6. The summed E-state index contributed by atoms with van der Waals surface area (Å²) >= 11 is 0. The van der Waals surface area contributed by atoms with Gasteiger partial charge in [0.25, 0.3) is 0 Å². The summed E-state index contributed by atoms with van der Waals surface area (Å²) in [4.78, 5) is 36.3. The summed E-state index contributed by atoms with van der Waals surface area (Å²) < 4.78 is 5.03. The molecule has 1 aliphatic rings. The summed E-state index contributed by atoms with van der Waals surface area (Å²) in [5.74, 6) is -1.47. The molecule has 0 aliphatic carbocycles. The first-order valence-corrected chi connectivity index (χ1v) is 7.93. The second kappa shape index (κ2) is 8.91. The molecule has 1 saturated heterocycles. The second-order valence-electron chi connectivity index (χ2n) is 6.08. The summed E-state index contributed by atoms with van der Waals surface area (Å²) in [5, 5.41) is 23.6. The van der Waals surface area contributed by atoms with Crippen LogP contribution in [0.3, 0.4) is 0 Å². The number of hydrogen-bond donors (Lipinski definition) is 4. The van der Waals surface area contributed by atoms with Crippen molar-refractivity contribution in [3.63, 3.8) is 0 Å². The smallest absolute Gasteiger partial charge is 0.245 e. The predicted molar refractivity (Wildman–Crippen MR) is 86.1 cm³/mol. The van der Waals surface area contributed by atoms with Crippen molar-refractivity contribution in [2.75, 3.05) is 19.8 Å². The lowest BCUT2D eigenvalue weighted by molar-refractivity contribution is -0.134. The quantitative estimate of drug-likeness (QED) is 0.283. The third-order valence-corrected chi connectivity index (χ3v) is 3.69. The number of hydrogen-bond acceptors (Lipinski definition) is 6. The largest absolute Gasteiger partial charge is 0.394 e. The minimum Gasteiger partial charge on any atom is -0.394 e. The molecule has 2 amide bonds. The second-order valence-corrected chi connectivity index (χ2v) is 6.08. The van der Waals surface area contributed by atoms with E-state index < -0.39 is 42.6 Å². The maximum Gasteiger partial charge on any atom is 0.245 e. The number of ketones is 1. The van der Waals surface area contributed by atoms with Gasteiger partial charge >= 0.3 is 0 Å². The van der Waals surface area contributed by atoms with E-state index in [4.69, 9.17) is 4.74 Å². The molecular weight excluding hydrogens is 316 g/mol. The number of carbonyl (C=O) groups excluding carboxylic acids is 3. The Morgan fingerprint density at radius 2 is 1.88 bits per heavy atom. The van der Waals surface area contributed by atoms with Crippen LogP contribution in [0.5, 0.6) is 0 Å². The van der Waals surface area contributed by atoms with E-state index in [2.05, 4.69) is 17.2 Å². The van der Waals surface area contributed by atoms with Crippen molar-refractivity contribution in [2.24, 2.45) is 0 Å². The van der Waals surface area contributed by atoms with Crippen molar-refractivity contribution >= 4 is 17.6 Å². The average molecular weight is 342 g/mol. The molecule has 136 valence electrons. The van der Waals surface area contributed by atoms with Crippen molar-refractivity contribution < 1.29 is 29.3 Å². The molecule has 0 unspecified atom stereocenters. The fraction of sp³-hybridized carbons (Fsp3) is 0.688. The molecule has 8 nitrogen and oxygen atoms in total. The van der Waals surface area contributed by atoms with Crippen LogP contribution in [0.1, 0.15) is 33.1 Å². The lowest BCUT2D eigenvalue weighted by Crippen LogP contribution is -2.55. The zero-order valence-corrected chi connectivity index (χ0v) is 14.1. The van der Waals surface area contributed by atoms with Crippen LogP contribution in [0.2, 0.25) is 0 Å². The molecule has 3 atom stereocenters. The maximum atomic E-state index is 12.5. The van der Waals surface area contributed by atoms with Gasteiger partial charge < -0.3 is 25.6 Å². The van der Waals surface area contributed by atoms with E-state index in [9.17, 15) is 24.6 Å². The summed E-state index contributed by atoms with van der Waals surface area (Å²) in [6, 6.07) is -2.09. The van der Waals surface area contributed by atoms with Gasteiger partial charge in [-0.25, -0.2) is 0 Å². The Morgan fingerprint density at radius 3 is 2.29 bits per heavy atom. The maximum absolute atomic E-state index is 12.5. The number of aliphatic hydroxyl groups is 2. The SMILES string of the molecule is C=C(C)C[C@H](NC(=O)[C@H](CO)NC(=O)CCC)C(=O)[C@@]1(CO)CO1. The first-order chi connectivity index (χ1) is 11.3. The fourth-order valence-corrected chi connectivity index (χ4v) is 2.23. The van der Waals surface area contributed by atoms with Crippen molar-refractivity contribution in [3.8, 4) is 0 Å². The summed E-state index contributed by atoms with van der Waals surface area (Å²) in [7, 11) is 0. The monoisotopic (exact) mass is 342 g/mol. The van der Waals surface area contributed by atoms with Gasteiger partial charge in [-0.3, -0.25) is 14.4 Å². The van der Waals surface area contributed by atoms with Gasteiger partial charge in [0.05, 0.1) is 25.9 Å². The molecule has 4 N–H and O–H groups in total. The van der Waals surface area contributed by atoms with Crippen LogP contribution < -0.4 is 10.6 Å². The molecule has 0 saturated carbocycles. The molecule has 0 aromatic heterocycles. The molecule has 0 radical (unpaired) electrons. The molecule has 0 aromatic rings. The minimum absolute atomic E-state index is 0.0988. The number of Topliss-reactive ketones (excluding diaryl/α,β-unsaturated/α-hetero) is 1. The highest BCUT2D eigenvalue weighted by Gasteiger charge is 2.54. The highest BCUT2D eigenvalue weighted by Crippen LogP contribution is 2.29. The van der Waals surface area contributed by atoms with Crippen LogP contribution in [0.15, 0.2) is 12.2 Å². The Morgan fingerprint density at radius 1 is 1.25 bits per heavy atom. The Labute approximate surface area is 141 Å². The molecule has 1 rings (SSSR count). The van der Waals surface area contributed by atoms with E-state index >= 15 is 0 Å². The molecule has 0 spiro atoms. The average Bonchev–Trinajstić information content (AvgIpc) is 3.32. The first kappa shape index (κ1) is 20.3. The van der Waals surface area contributed by atoms with Crippen LogP contribution in [0.4, 0.5) is 0 Å². The first-order valence-electron chi connectivity index (χ1n) is 7.93. The van der Waals surface area contributed by atoms with Crippen LogP contribution in [-0.4, -0.2) is 65.3 Å². The number of amides is 2. The summed E-state index contributed by atoms with van der Waals surface area (Å²) in [6.07, 6.45) is 1.02. The van der Waals surface area contributed by atoms with E-state index in [0.717, 1.165) is 0 Å². The number of rotatable bonds is 11. The fourth-order valence-electron chi connectivity index (χ4n) is 2.23. The molecule has 8 heteroatoms. The summed E-state index contributed by atoms with van der Waals surface area (Å²) in [6.45, 7) is 6.30. The number of aliphatic hydroxyl groups excluding tert-OH is 2. The lowest BCUT2D eigenvalue weighted by Gasteiger charge is -2.23. The molecular formula is C16H26N2O6. The van der Waals surface area contributed by atoms with Gasteiger partial charge in [-0.1, -0.05) is 12.5 Å². The number of epoxide rings is 1. The van der Waals surface area contributed by atoms with Crippen LogP contribution in [0.25, 0.3) is 0 Å². The minimum atomic E-state index is -1.27. The molecule has 1 heterocycles. The zero-order valence-electron chi connectivity index (χ0n) is 14.1. The van der Waals surface area contributed by atoms with E-state index in [-0.39, 0.29) is 25.4 Å². The van der Waals surface area contributed by atoms with Gasteiger partial charge in [-0.2, -0.15) is 0 Å². The number of nitrogens with one attached hydrogen (secondary N) is 2. The van der Waals surface area contributed by atoms with E-state index in [1.54, 1.807) is 6.92 Å². The van der Waals surface area contributed by atoms with E-state index in [1.807, 2.05) is 6.92 Å². The number of ether oxygens (including phenoxy) is 1. The zero-order chi connectivity index (χ0) is 18.3. The topological polar surface area (TPSA) is 128 Å². The van der Waals surface area contributed by atoms with Crippen molar-refractivity contribution in [2.45, 2.75) is 50.8 Å². The highest BCUT2D eigenvalue weighted by molar-refractivity contribution is 5.98. The number of carbonyl (C=O) groups is 3. The molecule has 0 bridgehead atoms. The Bertz CT molecular complexity index is 501. The van der Waals surface area contributed by atoms with Crippen LogP contribution in [0, 0.1) is 0 Å². The van der Waals surface area contributed by atoms with Crippen molar-refractivity contribution in [1.82, 2.24) is 10.6 Å². The van der Waals surface area contributed by atoms with Gasteiger partial charge in [0.2, 0.25) is 11.8 Å². The predicted octanol–water partition coefficient (Wildman–Crippen LogP) is -0.955. The summed E-state index contributed by atoms with van der Waals surface area (Å²) in [5.41, 5.74) is -0.605. The van der Waals surface area contributed by atoms with E-state index in [0.29, 0.717) is 12.0 Å². The van der Waals surface area contributed by atoms with Crippen LogP contribution >= 0.6 is 0 Å². The van der Waals surface area contributed by atoms with Gasteiger partial charge in [-0.15, -0.1) is 6.58 Å². The van der Waals surface area contributed by atoms with Crippen LogP contribution in [-0.2, 0) is 19.1 Å². The van der Waals surface area contributed by atoms with Crippen molar-refractivity contribution in [3.05, 3.63) is 12.2 Å². The molecule has 1 fully saturated rings. The third-order valence-electron chi connectivity index (χ3n) is 3.69. The molecule has 0 aromatic carbocycles. The Kier molecular flexibility index (Phi) is 7.53.